The summed E-state index contributed by atoms with van der Waals surface area (Å²) in [6.45, 7) is 2.60. The van der Waals surface area contributed by atoms with E-state index in [1.807, 2.05) is 11.6 Å². The number of benzene rings is 1. The van der Waals surface area contributed by atoms with Crippen LogP contribution in [0.25, 0.3) is 0 Å². The lowest BCUT2D eigenvalue weighted by Crippen LogP contribution is -2.32. The van der Waals surface area contributed by atoms with Gasteiger partial charge in [-0.3, -0.25) is 14.9 Å². The molecule has 150 valence electrons. The van der Waals surface area contributed by atoms with Crippen molar-refractivity contribution in [1.29, 1.82) is 0 Å². The molecule has 0 saturated carbocycles. The first-order chi connectivity index (χ1) is 14.0. The third-order valence-corrected chi connectivity index (χ3v) is 5.06. The first kappa shape index (κ1) is 18.8. The highest BCUT2D eigenvalue weighted by atomic mass is 16.6. The summed E-state index contributed by atoms with van der Waals surface area (Å²) in [7, 11) is 1.70. The summed E-state index contributed by atoms with van der Waals surface area (Å²) >= 11 is 0. The number of imidazole rings is 1. The van der Waals surface area contributed by atoms with E-state index < -0.39 is 4.92 Å². The van der Waals surface area contributed by atoms with Crippen molar-refractivity contribution in [1.82, 2.24) is 24.3 Å². The molecule has 0 fully saturated rings. The van der Waals surface area contributed by atoms with Crippen molar-refractivity contribution < 1.29 is 9.72 Å². The quantitative estimate of drug-likeness (QED) is 0.385. The minimum absolute atomic E-state index is 0.0105. The van der Waals surface area contributed by atoms with Crippen LogP contribution < -0.4 is 5.32 Å². The third-order valence-electron chi connectivity index (χ3n) is 5.06. The van der Waals surface area contributed by atoms with Crippen LogP contribution in [0, 0.1) is 10.1 Å². The summed E-state index contributed by atoms with van der Waals surface area (Å²) in [5.41, 5.74) is 0.478. The molecule has 0 amide bonds. The van der Waals surface area contributed by atoms with Gasteiger partial charge in [-0.05, 0) is 18.6 Å². The van der Waals surface area contributed by atoms with E-state index in [4.69, 9.17) is 0 Å². The van der Waals surface area contributed by atoms with Gasteiger partial charge >= 0.3 is 0 Å². The van der Waals surface area contributed by atoms with Gasteiger partial charge in [-0.1, -0.05) is 6.92 Å². The van der Waals surface area contributed by atoms with E-state index in [0.29, 0.717) is 12.2 Å². The Hall–Kier alpha value is -3.56. The lowest BCUT2D eigenvalue weighted by atomic mass is 10.1. The molecule has 0 spiro atoms. The number of hydrogen-bond donors (Lipinski definition) is 1. The second-order valence-electron chi connectivity index (χ2n) is 7.04. The average Bonchev–Trinajstić information content (AvgIpc) is 3.32. The van der Waals surface area contributed by atoms with Crippen molar-refractivity contribution >= 4 is 17.2 Å². The maximum Gasteiger partial charge on any atom is 0.293 e. The first-order valence-corrected chi connectivity index (χ1v) is 9.46. The maximum atomic E-state index is 12.6. The molecule has 0 bridgehead atoms. The van der Waals surface area contributed by atoms with Crippen LogP contribution >= 0.6 is 0 Å². The highest BCUT2D eigenvalue weighted by molar-refractivity contribution is 6.07. The molecule has 1 aromatic carbocycles. The molecule has 4 rings (SSSR count). The Morgan fingerprint density at radius 3 is 2.93 bits per heavy atom. The second kappa shape index (κ2) is 7.46. The van der Waals surface area contributed by atoms with E-state index in [2.05, 4.69) is 20.4 Å². The zero-order chi connectivity index (χ0) is 20.5. The number of nitrogens with one attached hydrogen (secondary N) is 1. The smallest absolute Gasteiger partial charge is 0.293 e. The van der Waals surface area contributed by atoms with Crippen LogP contribution in [0.2, 0.25) is 0 Å². The Balaban J connectivity index is 1.57. The number of aryl methyl sites for hydroxylation is 3. The molecule has 1 aliphatic heterocycles. The van der Waals surface area contributed by atoms with Crippen LogP contribution in [0.4, 0.5) is 11.4 Å². The molecule has 29 heavy (non-hydrogen) atoms. The van der Waals surface area contributed by atoms with E-state index in [1.165, 1.54) is 12.3 Å². The van der Waals surface area contributed by atoms with Crippen molar-refractivity contribution in [2.45, 2.75) is 38.8 Å². The van der Waals surface area contributed by atoms with E-state index in [-0.39, 0.29) is 28.9 Å². The minimum Gasteiger partial charge on any atom is -0.375 e. The van der Waals surface area contributed by atoms with E-state index >= 15 is 0 Å². The molecule has 1 unspecified atom stereocenters. The Morgan fingerprint density at radius 2 is 2.24 bits per heavy atom. The molecule has 2 aromatic heterocycles. The zero-order valence-corrected chi connectivity index (χ0v) is 16.2. The number of anilines is 1. The predicted molar refractivity (Wildman–Crippen MR) is 105 cm³/mol. The van der Waals surface area contributed by atoms with Gasteiger partial charge in [0.25, 0.3) is 5.69 Å². The SMILES string of the molecule is CCc1nc2n(n1)CC(Nc1ccc(C(=O)c3nccn3C)cc1[N+](=O)[O-])CC2. The first-order valence-electron chi connectivity index (χ1n) is 9.46. The van der Waals surface area contributed by atoms with Gasteiger partial charge in [-0.2, -0.15) is 5.10 Å². The molecule has 10 heteroatoms. The largest absolute Gasteiger partial charge is 0.375 e. The summed E-state index contributed by atoms with van der Waals surface area (Å²) < 4.78 is 3.45. The van der Waals surface area contributed by atoms with Crippen LogP contribution in [0.1, 0.15) is 41.2 Å². The molecule has 1 aliphatic rings. The molecule has 1 N–H and O–H groups in total. The monoisotopic (exact) mass is 395 g/mol. The van der Waals surface area contributed by atoms with Crippen molar-refractivity contribution in [3.05, 3.63) is 63.7 Å². The van der Waals surface area contributed by atoms with Gasteiger partial charge in [0.2, 0.25) is 5.78 Å². The van der Waals surface area contributed by atoms with Crippen molar-refractivity contribution in [2.24, 2.45) is 7.05 Å². The Labute approximate surface area is 166 Å². The highest BCUT2D eigenvalue weighted by Crippen LogP contribution is 2.29. The number of rotatable bonds is 6. The van der Waals surface area contributed by atoms with Gasteiger partial charge in [0.05, 0.1) is 11.5 Å². The molecule has 10 nitrogen and oxygen atoms in total. The molecule has 3 aromatic rings. The number of carbonyl (C=O) groups excluding carboxylic acids is 1. The van der Waals surface area contributed by atoms with Crippen LogP contribution in [-0.2, 0) is 26.4 Å². The van der Waals surface area contributed by atoms with Crippen LogP contribution in [0.5, 0.6) is 0 Å². The number of ketones is 1. The molecule has 1 atom stereocenters. The average molecular weight is 395 g/mol. The highest BCUT2D eigenvalue weighted by Gasteiger charge is 2.25. The summed E-state index contributed by atoms with van der Waals surface area (Å²) in [5, 5.41) is 19.4. The van der Waals surface area contributed by atoms with Crippen molar-refractivity contribution in [2.75, 3.05) is 5.32 Å². The van der Waals surface area contributed by atoms with Crippen LogP contribution in [0.15, 0.2) is 30.6 Å². The van der Waals surface area contributed by atoms with E-state index in [0.717, 1.165) is 30.9 Å². The van der Waals surface area contributed by atoms with Crippen molar-refractivity contribution in [3.63, 3.8) is 0 Å². The number of nitro benzene ring substituents is 1. The van der Waals surface area contributed by atoms with Gasteiger partial charge in [-0.15, -0.1) is 0 Å². The number of hydrogen-bond acceptors (Lipinski definition) is 7. The minimum atomic E-state index is -0.476. The zero-order valence-electron chi connectivity index (χ0n) is 16.2. The number of carbonyl (C=O) groups is 1. The number of nitro groups is 1. The van der Waals surface area contributed by atoms with E-state index in [1.54, 1.807) is 29.9 Å². The fraction of sp³-hybridized carbons (Fsp3) is 0.368. The van der Waals surface area contributed by atoms with Gasteiger partial charge in [-0.25, -0.2) is 14.6 Å². The number of fused-ring (bicyclic) bond motifs is 1. The second-order valence-corrected chi connectivity index (χ2v) is 7.04. The van der Waals surface area contributed by atoms with Crippen LogP contribution in [-0.4, -0.2) is 41.1 Å². The van der Waals surface area contributed by atoms with Gasteiger partial charge in [0, 0.05) is 50.0 Å². The molecule has 0 aliphatic carbocycles. The number of nitrogens with zero attached hydrogens (tertiary/aromatic N) is 6. The molecule has 0 saturated heterocycles. The van der Waals surface area contributed by atoms with Crippen molar-refractivity contribution in [3.8, 4) is 0 Å². The van der Waals surface area contributed by atoms with Gasteiger partial charge in [0.15, 0.2) is 11.6 Å². The van der Waals surface area contributed by atoms with Gasteiger partial charge < -0.3 is 9.88 Å². The fourth-order valence-corrected chi connectivity index (χ4v) is 3.51. The Morgan fingerprint density at radius 1 is 1.41 bits per heavy atom. The number of aromatic nitrogens is 5. The summed E-state index contributed by atoms with van der Waals surface area (Å²) in [5.74, 6) is 1.64. The van der Waals surface area contributed by atoms with Crippen LogP contribution in [0.3, 0.4) is 0 Å². The summed E-state index contributed by atoms with van der Waals surface area (Å²) in [4.78, 5) is 32.3. The summed E-state index contributed by atoms with van der Waals surface area (Å²) in [6.07, 6.45) is 5.50. The molecular formula is C19H21N7O3. The topological polar surface area (TPSA) is 121 Å². The predicted octanol–water partition coefficient (Wildman–Crippen LogP) is 2.14. The Bertz CT molecular complexity index is 1090. The molecule has 0 radical (unpaired) electrons. The molecular weight excluding hydrogens is 374 g/mol. The lowest BCUT2D eigenvalue weighted by molar-refractivity contribution is -0.384. The van der Waals surface area contributed by atoms with Gasteiger partial charge in [0.1, 0.15) is 11.5 Å². The molecule has 3 heterocycles. The third kappa shape index (κ3) is 3.60. The standard InChI is InChI=1S/C19H21N7O3/c1-3-16-22-17-7-5-13(11-25(17)23-16)21-14-6-4-12(10-15(14)26(28)29)18(27)19-20-8-9-24(19)2/h4,6,8-10,13,21H,3,5,7,11H2,1-2H3. The fourth-order valence-electron chi connectivity index (χ4n) is 3.51. The maximum absolute atomic E-state index is 12.6. The summed E-state index contributed by atoms with van der Waals surface area (Å²) in [6, 6.07) is 4.47. The van der Waals surface area contributed by atoms with E-state index in [9.17, 15) is 14.9 Å². The lowest BCUT2D eigenvalue weighted by Gasteiger charge is -2.24. The normalized spacial score (nSPS) is 15.7. The Kier molecular flexibility index (Phi) is 4.83.